The van der Waals surface area contributed by atoms with Gasteiger partial charge in [0.1, 0.15) is 11.5 Å². The van der Waals surface area contributed by atoms with Crippen molar-refractivity contribution in [3.05, 3.63) is 65.9 Å². The monoisotopic (exact) mass is 385 g/mol. The summed E-state index contributed by atoms with van der Waals surface area (Å²) in [7, 11) is 0. The molecule has 1 fully saturated rings. The molecule has 4 aromatic rings. The molecule has 4 nitrogen and oxygen atoms in total. The van der Waals surface area contributed by atoms with Gasteiger partial charge in [-0.3, -0.25) is 0 Å². The summed E-state index contributed by atoms with van der Waals surface area (Å²) >= 11 is 0. The first-order valence-electron chi connectivity index (χ1n) is 10.7. The van der Waals surface area contributed by atoms with Crippen LogP contribution in [0.4, 0.5) is 0 Å². The molecule has 1 saturated heterocycles. The molecule has 1 aliphatic rings. The van der Waals surface area contributed by atoms with Crippen LogP contribution in [0.25, 0.3) is 33.4 Å². The number of fused-ring (bicyclic) bond motifs is 1. The van der Waals surface area contributed by atoms with Crippen LogP contribution in [0.1, 0.15) is 30.6 Å². The maximum atomic E-state index is 5.66. The molecule has 0 radical (unpaired) electrons. The Bertz CT molecular complexity index is 1100. The first-order valence-corrected chi connectivity index (χ1v) is 10.7. The fourth-order valence-corrected chi connectivity index (χ4v) is 4.62. The molecule has 0 atom stereocenters. The normalized spacial score (nSPS) is 14.8. The van der Waals surface area contributed by atoms with Gasteiger partial charge in [-0.1, -0.05) is 53.7 Å². The summed E-state index contributed by atoms with van der Waals surface area (Å²) in [5.41, 5.74) is 6.80. The molecule has 1 N–H and O–H groups in total. The smallest absolute Gasteiger partial charge is 0.143 e. The molecule has 148 valence electrons. The van der Waals surface area contributed by atoms with E-state index in [-0.39, 0.29) is 0 Å². The van der Waals surface area contributed by atoms with Crippen LogP contribution in [-0.4, -0.2) is 34.7 Å². The van der Waals surface area contributed by atoms with Crippen LogP contribution < -0.4 is 0 Å². The molecule has 29 heavy (non-hydrogen) atoms. The number of nitrogens with zero attached hydrogens (tertiary/aromatic N) is 2. The highest BCUT2D eigenvalue weighted by atomic mass is 16.5. The van der Waals surface area contributed by atoms with Crippen molar-refractivity contribution in [2.24, 2.45) is 0 Å². The molecule has 1 aliphatic heterocycles. The fraction of sp³-hybridized carbons (Fsp3) is 0.320. The average molecular weight is 386 g/mol. The average Bonchev–Trinajstić information content (AvgIpc) is 3.48. The van der Waals surface area contributed by atoms with Crippen molar-refractivity contribution in [2.75, 3.05) is 19.6 Å². The van der Waals surface area contributed by atoms with Gasteiger partial charge in [-0.2, -0.15) is 0 Å². The Morgan fingerprint density at radius 1 is 1.00 bits per heavy atom. The second-order valence-corrected chi connectivity index (χ2v) is 8.00. The van der Waals surface area contributed by atoms with Gasteiger partial charge < -0.3 is 14.4 Å². The van der Waals surface area contributed by atoms with Gasteiger partial charge in [0, 0.05) is 16.5 Å². The van der Waals surface area contributed by atoms with Gasteiger partial charge in [0.25, 0.3) is 0 Å². The van der Waals surface area contributed by atoms with Gasteiger partial charge in [-0.25, -0.2) is 0 Å². The molecule has 0 spiro atoms. The SMILES string of the molecule is Cc1onc(-c2ccccc2)c1-c1[nH]c2ccccc2c1CCCN1CCCC1. The maximum absolute atomic E-state index is 5.66. The van der Waals surface area contributed by atoms with Crippen molar-refractivity contribution in [3.8, 4) is 22.5 Å². The molecule has 0 saturated carbocycles. The van der Waals surface area contributed by atoms with Gasteiger partial charge in [-0.05, 0) is 63.9 Å². The van der Waals surface area contributed by atoms with Gasteiger partial charge in [-0.15, -0.1) is 0 Å². The van der Waals surface area contributed by atoms with Crippen LogP contribution in [0.15, 0.2) is 59.1 Å². The summed E-state index contributed by atoms with van der Waals surface area (Å²) < 4.78 is 5.66. The van der Waals surface area contributed by atoms with E-state index in [1.807, 2.05) is 25.1 Å². The van der Waals surface area contributed by atoms with Crippen LogP contribution >= 0.6 is 0 Å². The number of benzene rings is 2. The summed E-state index contributed by atoms with van der Waals surface area (Å²) in [6.45, 7) is 5.69. The Hall–Kier alpha value is -2.85. The quantitative estimate of drug-likeness (QED) is 0.454. The van der Waals surface area contributed by atoms with Crippen molar-refractivity contribution < 1.29 is 4.52 Å². The van der Waals surface area contributed by atoms with E-state index in [0.717, 1.165) is 34.7 Å². The first-order chi connectivity index (χ1) is 14.3. The molecule has 0 amide bonds. The lowest BCUT2D eigenvalue weighted by atomic mass is 9.97. The van der Waals surface area contributed by atoms with E-state index >= 15 is 0 Å². The molecular weight excluding hydrogens is 358 g/mol. The summed E-state index contributed by atoms with van der Waals surface area (Å²) in [6, 6.07) is 18.9. The van der Waals surface area contributed by atoms with Crippen LogP contribution in [0.5, 0.6) is 0 Å². The third kappa shape index (κ3) is 3.49. The molecular formula is C25H27N3O. The molecule has 2 aromatic heterocycles. The number of aryl methyl sites for hydroxylation is 2. The van der Waals surface area contributed by atoms with Gasteiger partial charge in [0.15, 0.2) is 0 Å². The number of aromatic nitrogens is 2. The zero-order chi connectivity index (χ0) is 19.6. The number of H-pyrrole nitrogens is 1. The number of hydrogen-bond donors (Lipinski definition) is 1. The highest BCUT2D eigenvalue weighted by molar-refractivity contribution is 5.94. The highest BCUT2D eigenvalue weighted by Crippen LogP contribution is 2.39. The van der Waals surface area contributed by atoms with Crippen LogP contribution in [0.2, 0.25) is 0 Å². The van der Waals surface area contributed by atoms with Crippen molar-refractivity contribution in [1.29, 1.82) is 0 Å². The summed E-state index contributed by atoms with van der Waals surface area (Å²) in [5.74, 6) is 0.858. The molecule has 0 aliphatic carbocycles. The lowest BCUT2D eigenvalue weighted by molar-refractivity contribution is 0.334. The molecule has 5 rings (SSSR count). The minimum Gasteiger partial charge on any atom is -0.360 e. The lowest BCUT2D eigenvalue weighted by Crippen LogP contribution is -2.20. The van der Waals surface area contributed by atoms with Crippen molar-refractivity contribution >= 4 is 10.9 Å². The Balaban J connectivity index is 1.56. The second-order valence-electron chi connectivity index (χ2n) is 8.00. The highest BCUT2D eigenvalue weighted by Gasteiger charge is 2.22. The second kappa shape index (κ2) is 7.88. The molecule has 0 bridgehead atoms. The van der Waals surface area contributed by atoms with Gasteiger partial charge >= 0.3 is 0 Å². The number of para-hydroxylation sites is 1. The third-order valence-electron chi connectivity index (χ3n) is 6.07. The molecule has 3 heterocycles. The summed E-state index contributed by atoms with van der Waals surface area (Å²) in [5, 5.41) is 5.72. The molecule has 4 heteroatoms. The van der Waals surface area contributed by atoms with Gasteiger partial charge in [0.05, 0.1) is 11.3 Å². The van der Waals surface area contributed by atoms with E-state index in [4.69, 9.17) is 4.52 Å². The third-order valence-corrected chi connectivity index (χ3v) is 6.07. The number of nitrogens with one attached hydrogen (secondary N) is 1. The molecule has 0 unspecified atom stereocenters. The maximum Gasteiger partial charge on any atom is 0.143 e. The Morgan fingerprint density at radius 3 is 2.59 bits per heavy atom. The summed E-state index contributed by atoms with van der Waals surface area (Å²) in [4.78, 5) is 6.27. The van der Waals surface area contributed by atoms with Crippen molar-refractivity contribution in [3.63, 3.8) is 0 Å². The first kappa shape index (κ1) is 18.2. The van der Waals surface area contributed by atoms with Crippen LogP contribution in [0, 0.1) is 6.92 Å². The predicted molar refractivity (Wildman–Crippen MR) is 118 cm³/mol. The van der Waals surface area contributed by atoms with E-state index in [2.05, 4.69) is 51.4 Å². The topological polar surface area (TPSA) is 45.1 Å². The number of likely N-dealkylation sites (tertiary alicyclic amines) is 1. The Morgan fingerprint density at radius 2 is 1.76 bits per heavy atom. The van der Waals surface area contributed by atoms with Crippen molar-refractivity contribution in [1.82, 2.24) is 15.0 Å². The van der Waals surface area contributed by atoms with Crippen molar-refractivity contribution in [2.45, 2.75) is 32.6 Å². The largest absolute Gasteiger partial charge is 0.360 e. The standard InChI is InChI=1S/C25H27N3O/c1-18-23(24(27-29-18)19-10-3-2-4-11-19)25-21(13-9-17-28-15-7-8-16-28)20-12-5-6-14-22(20)26-25/h2-6,10-12,14,26H,7-9,13,15-17H2,1H3. The molecule has 2 aromatic carbocycles. The minimum absolute atomic E-state index is 0.858. The van der Waals surface area contributed by atoms with E-state index < -0.39 is 0 Å². The lowest BCUT2D eigenvalue weighted by Gasteiger charge is -2.14. The number of hydrogen-bond acceptors (Lipinski definition) is 3. The fourth-order valence-electron chi connectivity index (χ4n) is 4.62. The van der Waals surface area contributed by atoms with Crippen LogP contribution in [0.3, 0.4) is 0 Å². The zero-order valence-electron chi connectivity index (χ0n) is 16.9. The Labute approximate surface area is 171 Å². The van der Waals surface area contributed by atoms with E-state index in [0.29, 0.717) is 0 Å². The summed E-state index contributed by atoms with van der Waals surface area (Å²) in [6.07, 6.45) is 4.91. The Kier molecular flexibility index (Phi) is 4.94. The minimum atomic E-state index is 0.858. The van der Waals surface area contributed by atoms with Crippen LogP contribution in [-0.2, 0) is 6.42 Å². The van der Waals surface area contributed by atoms with E-state index in [1.54, 1.807) is 0 Å². The zero-order valence-corrected chi connectivity index (χ0v) is 16.9. The van der Waals surface area contributed by atoms with Gasteiger partial charge in [0.2, 0.25) is 0 Å². The predicted octanol–water partition coefficient (Wildman–Crippen LogP) is 5.83. The van der Waals surface area contributed by atoms with E-state index in [1.165, 1.54) is 55.4 Å². The number of rotatable bonds is 6. The number of aromatic amines is 1. The van der Waals surface area contributed by atoms with E-state index in [9.17, 15) is 0 Å².